The molecule has 2 aromatic rings. The van der Waals surface area contributed by atoms with Gasteiger partial charge >= 0.3 is 6.18 Å². The van der Waals surface area contributed by atoms with E-state index in [1.54, 1.807) is 24.1 Å². The standard InChI is InChI=1S/C13H13ClF3N3/c1-8(9-6-18-20(2)7-9)19-12-4-10(13(15,16)17)3-11(14)5-12/h3-8,19H,1-2H3. The smallest absolute Gasteiger partial charge is 0.378 e. The number of nitrogens with zero attached hydrogens (tertiary/aromatic N) is 2. The van der Waals surface area contributed by atoms with Crippen molar-refractivity contribution in [3.8, 4) is 0 Å². The summed E-state index contributed by atoms with van der Waals surface area (Å²) in [7, 11) is 1.78. The minimum atomic E-state index is -4.42. The Morgan fingerprint density at radius 2 is 2.00 bits per heavy atom. The maximum absolute atomic E-state index is 12.7. The summed E-state index contributed by atoms with van der Waals surface area (Å²) in [5.41, 5.74) is 0.424. The number of hydrogen-bond donors (Lipinski definition) is 1. The summed E-state index contributed by atoms with van der Waals surface area (Å²) >= 11 is 5.73. The third-order valence-electron chi connectivity index (χ3n) is 2.83. The second-order valence-electron chi connectivity index (χ2n) is 4.54. The molecule has 1 unspecified atom stereocenters. The number of rotatable bonds is 3. The van der Waals surface area contributed by atoms with Crippen molar-refractivity contribution in [2.24, 2.45) is 7.05 Å². The van der Waals surface area contributed by atoms with Gasteiger partial charge in [-0.15, -0.1) is 0 Å². The molecule has 0 fully saturated rings. The van der Waals surface area contributed by atoms with Crippen molar-refractivity contribution in [2.45, 2.75) is 19.1 Å². The average molecular weight is 304 g/mol. The molecule has 0 bridgehead atoms. The number of alkyl halides is 3. The van der Waals surface area contributed by atoms with Gasteiger partial charge in [0.2, 0.25) is 0 Å². The van der Waals surface area contributed by atoms with Gasteiger partial charge in [-0.2, -0.15) is 18.3 Å². The fraction of sp³-hybridized carbons (Fsp3) is 0.308. The molecule has 0 saturated carbocycles. The number of aromatic nitrogens is 2. The van der Waals surface area contributed by atoms with Crippen LogP contribution in [0.5, 0.6) is 0 Å². The van der Waals surface area contributed by atoms with Crippen LogP contribution in [0.2, 0.25) is 5.02 Å². The molecule has 0 radical (unpaired) electrons. The van der Waals surface area contributed by atoms with Crippen LogP contribution >= 0.6 is 11.6 Å². The summed E-state index contributed by atoms with van der Waals surface area (Å²) in [5.74, 6) is 0. The van der Waals surface area contributed by atoms with Crippen LogP contribution in [-0.2, 0) is 13.2 Å². The zero-order valence-electron chi connectivity index (χ0n) is 10.9. The quantitative estimate of drug-likeness (QED) is 0.918. The predicted molar refractivity (Wildman–Crippen MR) is 71.7 cm³/mol. The van der Waals surface area contributed by atoms with Gasteiger partial charge in [-0.05, 0) is 25.1 Å². The van der Waals surface area contributed by atoms with Crippen molar-refractivity contribution in [1.29, 1.82) is 0 Å². The van der Waals surface area contributed by atoms with Crippen molar-refractivity contribution >= 4 is 17.3 Å². The number of hydrogen-bond acceptors (Lipinski definition) is 2. The largest absolute Gasteiger partial charge is 0.416 e. The first kappa shape index (κ1) is 14.7. The molecular weight excluding hydrogens is 291 g/mol. The van der Waals surface area contributed by atoms with Crippen LogP contribution < -0.4 is 5.32 Å². The lowest BCUT2D eigenvalue weighted by Crippen LogP contribution is -2.09. The van der Waals surface area contributed by atoms with E-state index in [0.717, 1.165) is 17.7 Å². The fourth-order valence-electron chi connectivity index (χ4n) is 1.83. The van der Waals surface area contributed by atoms with Crippen molar-refractivity contribution < 1.29 is 13.2 Å². The van der Waals surface area contributed by atoms with Gasteiger partial charge in [-0.3, -0.25) is 4.68 Å². The number of halogens is 4. The van der Waals surface area contributed by atoms with Gasteiger partial charge in [0.15, 0.2) is 0 Å². The highest BCUT2D eigenvalue weighted by atomic mass is 35.5. The van der Waals surface area contributed by atoms with Gasteiger partial charge in [-0.25, -0.2) is 0 Å². The molecule has 1 aromatic heterocycles. The third kappa shape index (κ3) is 3.45. The summed E-state index contributed by atoms with van der Waals surface area (Å²) < 4.78 is 39.8. The highest BCUT2D eigenvalue weighted by Crippen LogP contribution is 2.34. The van der Waals surface area contributed by atoms with Gasteiger partial charge in [0.05, 0.1) is 17.8 Å². The Kier molecular flexibility index (Phi) is 3.94. The van der Waals surface area contributed by atoms with Gasteiger partial charge in [-0.1, -0.05) is 11.6 Å². The lowest BCUT2D eigenvalue weighted by atomic mass is 10.1. The van der Waals surface area contributed by atoms with E-state index in [9.17, 15) is 13.2 Å². The minimum Gasteiger partial charge on any atom is -0.378 e. The van der Waals surface area contributed by atoms with E-state index in [2.05, 4.69) is 10.4 Å². The maximum Gasteiger partial charge on any atom is 0.416 e. The Morgan fingerprint density at radius 1 is 1.30 bits per heavy atom. The molecule has 0 amide bonds. The zero-order valence-corrected chi connectivity index (χ0v) is 11.6. The summed E-state index contributed by atoms with van der Waals surface area (Å²) in [4.78, 5) is 0. The molecular formula is C13H13ClF3N3. The van der Waals surface area contributed by atoms with E-state index in [0.29, 0.717) is 5.69 Å². The predicted octanol–water partition coefficient (Wildman–Crippen LogP) is 4.27. The van der Waals surface area contributed by atoms with Crippen LogP contribution in [-0.4, -0.2) is 9.78 Å². The van der Waals surface area contributed by atoms with E-state index in [-0.39, 0.29) is 11.1 Å². The molecule has 3 nitrogen and oxygen atoms in total. The summed E-state index contributed by atoms with van der Waals surface area (Å²) in [6, 6.07) is 3.23. The van der Waals surface area contributed by atoms with Gasteiger partial charge in [0, 0.05) is 29.5 Å². The molecule has 1 aromatic carbocycles. The first-order chi connectivity index (χ1) is 9.25. The first-order valence-electron chi connectivity index (χ1n) is 5.88. The highest BCUT2D eigenvalue weighted by Gasteiger charge is 2.31. The SMILES string of the molecule is CC(Nc1cc(Cl)cc(C(F)(F)F)c1)c1cnn(C)c1. The number of aryl methyl sites for hydroxylation is 1. The summed E-state index contributed by atoms with van der Waals surface area (Å²) in [5, 5.41) is 7.05. The molecule has 7 heteroatoms. The van der Waals surface area contributed by atoms with Crippen LogP contribution in [0, 0.1) is 0 Å². The highest BCUT2D eigenvalue weighted by molar-refractivity contribution is 6.30. The number of nitrogens with one attached hydrogen (secondary N) is 1. The molecule has 1 heterocycles. The topological polar surface area (TPSA) is 29.9 Å². The molecule has 108 valence electrons. The average Bonchev–Trinajstić information content (AvgIpc) is 2.74. The van der Waals surface area contributed by atoms with Crippen molar-refractivity contribution in [1.82, 2.24) is 9.78 Å². The molecule has 0 spiro atoms. The second kappa shape index (κ2) is 5.36. The Bertz CT molecular complexity index is 607. The second-order valence-corrected chi connectivity index (χ2v) is 4.98. The van der Waals surface area contributed by atoms with Crippen molar-refractivity contribution in [2.75, 3.05) is 5.32 Å². The first-order valence-corrected chi connectivity index (χ1v) is 6.26. The Hall–Kier alpha value is -1.69. The molecule has 0 aliphatic heterocycles. The monoisotopic (exact) mass is 303 g/mol. The third-order valence-corrected chi connectivity index (χ3v) is 3.05. The number of anilines is 1. The van der Waals surface area contributed by atoms with Crippen molar-refractivity contribution in [3.05, 3.63) is 46.7 Å². The van der Waals surface area contributed by atoms with Gasteiger partial charge in [0.25, 0.3) is 0 Å². The molecule has 1 N–H and O–H groups in total. The number of benzene rings is 1. The van der Waals surface area contributed by atoms with Crippen LogP contribution in [0.25, 0.3) is 0 Å². The Morgan fingerprint density at radius 3 is 2.55 bits per heavy atom. The normalized spacial score (nSPS) is 13.3. The van der Waals surface area contributed by atoms with E-state index in [4.69, 9.17) is 11.6 Å². The summed E-state index contributed by atoms with van der Waals surface area (Å²) in [6.45, 7) is 1.84. The van der Waals surface area contributed by atoms with Crippen LogP contribution in [0.1, 0.15) is 24.1 Å². The molecule has 2 rings (SSSR count). The minimum absolute atomic E-state index is 0.0423. The van der Waals surface area contributed by atoms with E-state index < -0.39 is 11.7 Å². The molecule has 20 heavy (non-hydrogen) atoms. The van der Waals surface area contributed by atoms with Crippen LogP contribution in [0.4, 0.5) is 18.9 Å². The molecule has 1 atom stereocenters. The van der Waals surface area contributed by atoms with Crippen molar-refractivity contribution in [3.63, 3.8) is 0 Å². The van der Waals surface area contributed by atoms with E-state index in [1.807, 2.05) is 6.92 Å². The van der Waals surface area contributed by atoms with Crippen LogP contribution in [0.15, 0.2) is 30.6 Å². The Balaban J connectivity index is 2.23. The lowest BCUT2D eigenvalue weighted by Gasteiger charge is -2.16. The lowest BCUT2D eigenvalue weighted by molar-refractivity contribution is -0.137. The summed E-state index contributed by atoms with van der Waals surface area (Å²) in [6.07, 6.45) is -0.960. The van der Waals surface area contributed by atoms with Crippen LogP contribution in [0.3, 0.4) is 0 Å². The van der Waals surface area contributed by atoms with E-state index in [1.165, 1.54) is 6.07 Å². The maximum atomic E-state index is 12.7. The van der Waals surface area contributed by atoms with E-state index >= 15 is 0 Å². The van der Waals surface area contributed by atoms with Gasteiger partial charge < -0.3 is 5.32 Å². The Labute approximate surface area is 119 Å². The molecule has 0 saturated heterocycles. The zero-order chi connectivity index (χ0) is 14.9. The van der Waals surface area contributed by atoms with Gasteiger partial charge in [0.1, 0.15) is 0 Å². The fourth-order valence-corrected chi connectivity index (χ4v) is 2.07. The molecule has 0 aliphatic carbocycles. The molecule has 0 aliphatic rings.